The number of rotatable bonds is 15. The van der Waals surface area contributed by atoms with Crippen LogP contribution >= 0.6 is 11.6 Å². The third-order valence-electron chi connectivity index (χ3n) is 4.87. The van der Waals surface area contributed by atoms with Crippen molar-refractivity contribution >= 4 is 21.4 Å². The molecule has 0 amide bonds. The number of benzene rings is 1. The monoisotopic (exact) mass is 400 g/mol. The van der Waals surface area contributed by atoms with E-state index in [9.17, 15) is 8.42 Å². The number of hydrogen-bond donors (Lipinski definition) is 0. The van der Waals surface area contributed by atoms with Gasteiger partial charge in [0.1, 0.15) is 0 Å². The first-order valence-electron chi connectivity index (χ1n) is 10.4. The summed E-state index contributed by atoms with van der Waals surface area (Å²) in [6, 6.07) is 6.47. The maximum atomic E-state index is 12.2. The van der Waals surface area contributed by atoms with Gasteiger partial charge in [0.15, 0.2) is 9.84 Å². The number of unbranched alkanes of at least 4 members (excludes halogenated alkanes) is 10. The molecule has 1 rings (SSSR count). The molecule has 0 unspecified atom stereocenters. The first-order valence-corrected chi connectivity index (χ1v) is 12.4. The van der Waals surface area contributed by atoms with E-state index in [1.54, 1.807) is 24.3 Å². The van der Waals surface area contributed by atoms with Gasteiger partial charge in [0, 0.05) is 5.02 Å². The van der Waals surface area contributed by atoms with Gasteiger partial charge in [-0.3, -0.25) is 0 Å². The molecular formula is C22H37ClO2S. The zero-order valence-electron chi connectivity index (χ0n) is 16.7. The Labute approximate surface area is 166 Å². The van der Waals surface area contributed by atoms with Gasteiger partial charge in [-0.05, 0) is 36.6 Å². The molecule has 0 aliphatic rings. The van der Waals surface area contributed by atoms with Gasteiger partial charge in [-0.15, -0.1) is 0 Å². The van der Waals surface area contributed by atoms with Crippen molar-refractivity contribution in [3.8, 4) is 0 Å². The second-order valence-electron chi connectivity index (χ2n) is 7.84. The highest BCUT2D eigenvalue weighted by Crippen LogP contribution is 2.18. The van der Waals surface area contributed by atoms with Crippen molar-refractivity contribution in [2.45, 2.75) is 95.8 Å². The Hall–Kier alpha value is -0.540. The first kappa shape index (κ1) is 23.5. The molecule has 0 radical (unpaired) electrons. The molecule has 0 aromatic heterocycles. The summed E-state index contributed by atoms with van der Waals surface area (Å²) >= 11 is 5.81. The Kier molecular flexibility index (Phi) is 12.3. The van der Waals surface area contributed by atoms with Gasteiger partial charge in [0.25, 0.3) is 0 Å². The highest BCUT2D eigenvalue weighted by Gasteiger charge is 2.13. The van der Waals surface area contributed by atoms with E-state index < -0.39 is 9.84 Å². The minimum atomic E-state index is -3.15. The molecule has 2 nitrogen and oxygen atoms in total. The predicted octanol–water partition coefficient (Wildman–Crippen LogP) is 7.45. The minimum Gasteiger partial charge on any atom is -0.224 e. The van der Waals surface area contributed by atoms with E-state index in [1.165, 1.54) is 57.8 Å². The lowest BCUT2D eigenvalue weighted by atomic mass is 10.0. The lowest BCUT2D eigenvalue weighted by molar-refractivity contribution is 0.504. The third-order valence-corrected chi connectivity index (χ3v) is 6.94. The number of hydrogen-bond acceptors (Lipinski definition) is 2. The lowest BCUT2D eigenvalue weighted by Gasteiger charge is -2.06. The van der Waals surface area contributed by atoms with Crippen molar-refractivity contribution in [1.29, 1.82) is 0 Å². The van der Waals surface area contributed by atoms with Crippen LogP contribution in [-0.2, 0) is 9.84 Å². The van der Waals surface area contributed by atoms with E-state index in [0.29, 0.717) is 9.92 Å². The molecule has 0 saturated heterocycles. The van der Waals surface area contributed by atoms with Crippen LogP contribution in [0.5, 0.6) is 0 Å². The molecule has 0 heterocycles. The smallest absolute Gasteiger partial charge is 0.178 e. The van der Waals surface area contributed by atoms with Crippen molar-refractivity contribution in [1.82, 2.24) is 0 Å². The Morgan fingerprint density at radius 1 is 0.731 bits per heavy atom. The zero-order valence-corrected chi connectivity index (χ0v) is 18.3. The number of sulfone groups is 1. The Bertz CT molecular complexity index is 564. The molecule has 150 valence electrons. The van der Waals surface area contributed by atoms with Crippen molar-refractivity contribution in [3.63, 3.8) is 0 Å². The maximum absolute atomic E-state index is 12.2. The summed E-state index contributed by atoms with van der Waals surface area (Å²) in [5.74, 6) is 1.08. The van der Waals surface area contributed by atoms with Gasteiger partial charge in [0.2, 0.25) is 0 Å². The SMILES string of the molecule is CC(C)CCCCCCCCCCCCCS(=O)(=O)c1ccc(Cl)cc1. The van der Waals surface area contributed by atoms with Crippen molar-refractivity contribution in [2.75, 3.05) is 5.75 Å². The van der Waals surface area contributed by atoms with E-state index >= 15 is 0 Å². The van der Waals surface area contributed by atoms with Crippen LogP contribution in [0, 0.1) is 5.92 Å². The van der Waals surface area contributed by atoms with Gasteiger partial charge in [-0.1, -0.05) is 96.1 Å². The Balaban J connectivity index is 1.95. The molecule has 0 atom stereocenters. The summed E-state index contributed by atoms with van der Waals surface area (Å²) in [4.78, 5) is 0.385. The second-order valence-corrected chi connectivity index (χ2v) is 10.4. The van der Waals surface area contributed by atoms with Gasteiger partial charge >= 0.3 is 0 Å². The van der Waals surface area contributed by atoms with Crippen LogP contribution < -0.4 is 0 Å². The van der Waals surface area contributed by atoms with Crippen LogP contribution in [0.4, 0.5) is 0 Å². The lowest BCUT2D eigenvalue weighted by Crippen LogP contribution is -2.06. The molecule has 0 saturated carbocycles. The summed E-state index contributed by atoms with van der Waals surface area (Å²) in [6.07, 6.45) is 15.0. The summed E-state index contributed by atoms with van der Waals surface area (Å²) in [6.45, 7) is 4.60. The summed E-state index contributed by atoms with van der Waals surface area (Å²) in [5, 5.41) is 0.569. The molecule has 0 bridgehead atoms. The zero-order chi connectivity index (χ0) is 19.3. The van der Waals surface area contributed by atoms with Crippen molar-refractivity contribution in [3.05, 3.63) is 29.3 Å². The summed E-state index contributed by atoms with van der Waals surface area (Å²) < 4.78 is 24.4. The quantitative estimate of drug-likeness (QED) is 0.286. The van der Waals surface area contributed by atoms with E-state index in [0.717, 1.165) is 25.2 Å². The highest BCUT2D eigenvalue weighted by atomic mass is 35.5. The molecule has 0 aliphatic carbocycles. The third kappa shape index (κ3) is 11.2. The molecule has 0 fully saturated rings. The fourth-order valence-electron chi connectivity index (χ4n) is 3.20. The molecule has 0 aliphatic heterocycles. The van der Waals surface area contributed by atoms with E-state index in [1.807, 2.05) is 0 Å². The molecular weight excluding hydrogens is 364 g/mol. The van der Waals surface area contributed by atoms with Crippen LogP contribution in [0.25, 0.3) is 0 Å². The predicted molar refractivity (Wildman–Crippen MR) is 114 cm³/mol. The Morgan fingerprint density at radius 2 is 1.15 bits per heavy atom. The van der Waals surface area contributed by atoms with Crippen molar-refractivity contribution < 1.29 is 8.42 Å². The van der Waals surface area contributed by atoms with E-state index in [-0.39, 0.29) is 5.75 Å². The topological polar surface area (TPSA) is 34.1 Å². The van der Waals surface area contributed by atoms with Gasteiger partial charge in [-0.25, -0.2) is 8.42 Å². The molecule has 4 heteroatoms. The van der Waals surface area contributed by atoms with Crippen LogP contribution in [-0.4, -0.2) is 14.2 Å². The average Bonchev–Trinajstić information content (AvgIpc) is 2.59. The van der Waals surface area contributed by atoms with Crippen LogP contribution in [0.2, 0.25) is 5.02 Å². The summed E-state index contributed by atoms with van der Waals surface area (Å²) in [7, 11) is -3.15. The summed E-state index contributed by atoms with van der Waals surface area (Å²) in [5.41, 5.74) is 0. The van der Waals surface area contributed by atoms with Crippen LogP contribution in [0.1, 0.15) is 90.9 Å². The van der Waals surface area contributed by atoms with E-state index in [2.05, 4.69) is 13.8 Å². The van der Waals surface area contributed by atoms with Crippen molar-refractivity contribution in [2.24, 2.45) is 5.92 Å². The first-order chi connectivity index (χ1) is 12.4. The van der Waals surface area contributed by atoms with Gasteiger partial charge in [-0.2, -0.15) is 0 Å². The van der Waals surface area contributed by atoms with Crippen LogP contribution in [0.3, 0.4) is 0 Å². The second kappa shape index (κ2) is 13.6. The molecule has 1 aromatic rings. The fourth-order valence-corrected chi connectivity index (χ4v) is 4.69. The Morgan fingerprint density at radius 3 is 1.62 bits per heavy atom. The molecule has 0 N–H and O–H groups in total. The van der Waals surface area contributed by atoms with Gasteiger partial charge < -0.3 is 0 Å². The van der Waals surface area contributed by atoms with Gasteiger partial charge in [0.05, 0.1) is 10.6 Å². The standard InChI is InChI=1S/C22H37ClO2S/c1-20(2)14-12-10-8-6-4-3-5-7-9-11-13-19-26(24,25)22-17-15-21(23)16-18-22/h15-18,20H,3-14,19H2,1-2H3. The largest absolute Gasteiger partial charge is 0.224 e. The maximum Gasteiger partial charge on any atom is 0.178 e. The minimum absolute atomic E-state index is 0.241. The molecule has 26 heavy (non-hydrogen) atoms. The normalized spacial score (nSPS) is 12.0. The molecule has 1 aromatic carbocycles. The van der Waals surface area contributed by atoms with Crippen LogP contribution in [0.15, 0.2) is 29.2 Å². The average molecular weight is 401 g/mol. The molecule has 0 spiro atoms. The fraction of sp³-hybridized carbons (Fsp3) is 0.727. The van der Waals surface area contributed by atoms with E-state index in [4.69, 9.17) is 11.6 Å². The highest BCUT2D eigenvalue weighted by molar-refractivity contribution is 7.91. The number of halogens is 1.